The van der Waals surface area contributed by atoms with Crippen LogP contribution in [-0.2, 0) is 0 Å². The average Bonchev–Trinajstić information content (AvgIpc) is 1.61. The molecule has 40 valence electrons. The van der Waals surface area contributed by atoms with Gasteiger partial charge in [-0.25, -0.2) is 0 Å². The van der Waals surface area contributed by atoms with Gasteiger partial charge in [0.25, 0.3) is 0 Å². The molecule has 0 heterocycles. The minimum absolute atomic E-state index is 0.418. The summed E-state index contributed by atoms with van der Waals surface area (Å²) in [5.74, 6) is 0. The summed E-state index contributed by atoms with van der Waals surface area (Å²) >= 11 is -0.418. The molecule has 1 nitrogen and oxygen atoms in total. The smallest absolute Gasteiger partial charge is 0.0130 e. The highest BCUT2D eigenvalue weighted by molar-refractivity contribution is 14.2. The minimum Gasteiger partial charge on any atom is -0.274 e. The normalized spacial score (nSPS) is 9.86. The molecule has 1 N–H and O–H groups in total. The lowest BCUT2D eigenvalue weighted by atomic mass is 10.4. The predicted octanol–water partition coefficient (Wildman–Crippen LogP) is 2.81. The van der Waals surface area contributed by atoms with Gasteiger partial charge in [-0.2, -0.15) is 0 Å². The molecule has 0 spiro atoms. The summed E-state index contributed by atoms with van der Waals surface area (Å²) in [4.78, 5) is 0. The minimum atomic E-state index is -0.418. The summed E-state index contributed by atoms with van der Waals surface area (Å²) in [6.45, 7) is 5.57. The Balaban J connectivity index is 3.46. The number of allylic oxidation sites excluding steroid dienone is 2. The van der Waals surface area contributed by atoms with Crippen molar-refractivity contribution in [2.24, 2.45) is 0 Å². The summed E-state index contributed by atoms with van der Waals surface area (Å²) < 4.78 is 8.65. The first kappa shape index (κ1) is 7.01. The second-order valence-electron chi connectivity index (χ2n) is 1.25. The van der Waals surface area contributed by atoms with Crippen LogP contribution >= 0.6 is 21.0 Å². The lowest BCUT2D eigenvalue weighted by Gasteiger charge is -1.76. The van der Waals surface area contributed by atoms with Crippen LogP contribution in [0.5, 0.6) is 0 Å². The van der Waals surface area contributed by atoms with Gasteiger partial charge in [-0.15, -0.1) is 0 Å². The summed E-state index contributed by atoms with van der Waals surface area (Å²) in [5.41, 5.74) is 1.03. The summed E-state index contributed by atoms with van der Waals surface area (Å²) in [6, 6.07) is 0. The molecule has 0 aromatic heterocycles. The maximum absolute atomic E-state index is 6.78. The molecule has 0 atom stereocenters. The molecule has 0 fully saturated rings. The first-order valence-electron chi connectivity index (χ1n) is 1.88. The molecule has 0 aliphatic carbocycles. The monoisotopic (exact) mass is 209 g/mol. The SMILES string of the molecule is C=C(C)/C=C\I=N. The van der Waals surface area contributed by atoms with Crippen LogP contribution in [0.25, 0.3) is 0 Å². The van der Waals surface area contributed by atoms with E-state index in [-0.39, 0.29) is 0 Å². The van der Waals surface area contributed by atoms with Crippen LogP contribution in [0.4, 0.5) is 0 Å². The zero-order valence-corrected chi connectivity index (χ0v) is 6.40. The number of hydrogen-bond acceptors (Lipinski definition) is 1. The Morgan fingerprint density at radius 1 is 1.86 bits per heavy atom. The lowest BCUT2D eigenvalue weighted by molar-refractivity contribution is 1.58. The van der Waals surface area contributed by atoms with E-state index in [0.717, 1.165) is 5.57 Å². The number of halogens is 1. The van der Waals surface area contributed by atoms with Crippen LogP contribution in [0.15, 0.2) is 22.3 Å². The van der Waals surface area contributed by atoms with E-state index < -0.39 is 21.0 Å². The second-order valence-corrected chi connectivity index (χ2v) is 2.59. The fraction of sp³-hybridized carbons (Fsp3) is 0.200. The van der Waals surface area contributed by atoms with E-state index in [1.807, 2.05) is 17.1 Å². The van der Waals surface area contributed by atoms with Crippen LogP contribution < -0.4 is 0 Å². The highest BCUT2D eigenvalue weighted by Gasteiger charge is 1.66. The highest BCUT2D eigenvalue weighted by atomic mass is 127. The van der Waals surface area contributed by atoms with E-state index in [1.165, 1.54) is 0 Å². The number of nitrogens with one attached hydrogen (secondary N) is 1. The first-order chi connectivity index (χ1) is 3.27. The van der Waals surface area contributed by atoms with E-state index in [4.69, 9.17) is 3.56 Å². The van der Waals surface area contributed by atoms with Crippen molar-refractivity contribution in [2.45, 2.75) is 6.92 Å². The molecular weight excluding hydrogens is 201 g/mol. The van der Waals surface area contributed by atoms with Gasteiger partial charge in [0.05, 0.1) is 0 Å². The first-order valence-corrected chi connectivity index (χ1v) is 4.21. The molecule has 0 radical (unpaired) electrons. The second kappa shape index (κ2) is 4.18. The zero-order chi connectivity index (χ0) is 5.70. The van der Waals surface area contributed by atoms with Crippen LogP contribution in [0.3, 0.4) is 0 Å². The van der Waals surface area contributed by atoms with Gasteiger partial charge in [-0.05, 0) is 11.0 Å². The molecule has 0 aliphatic rings. The van der Waals surface area contributed by atoms with E-state index in [0.29, 0.717) is 0 Å². The summed E-state index contributed by atoms with van der Waals surface area (Å²) in [7, 11) is 0. The maximum Gasteiger partial charge on any atom is 0.0130 e. The van der Waals surface area contributed by atoms with Crippen molar-refractivity contribution in [1.82, 2.24) is 0 Å². The van der Waals surface area contributed by atoms with Crippen molar-refractivity contribution in [3.63, 3.8) is 0 Å². The Labute approximate surface area is 54.1 Å². The van der Waals surface area contributed by atoms with Crippen molar-refractivity contribution in [3.8, 4) is 0 Å². The summed E-state index contributed by atoms with van der Waals surface area (Å²) in [5, 5.41) is 0. The van der Waals surface area contributed by atoms with Crippen molar-refractivity contribution in [2.75, 3.05) is 0 Å². The van der Waals surface area contributed by atoms with Gasteiger partial charge < -0.3 is 0 Å². The third kappa shape index (κ3) is 6.01. The van der Waals surface area contributed by atoms with Gasteiger partial charge in [-0.1, -0.05) is 18.2 Å². The zero-order valence-electron chi connectivity index (χ0n) is 4.24. The molecular formula is C5H8IN. The Morgan fingerprint density at radius 3 is 2.57 bits per heavy atom. The average molecular weight is 209 g/mol. The van der Waals surface area contributed by atoms with Crippen LogP contribution in [0.2, 0.25) is 0 Å². The Hall–Kier alpha value is 0.01000. The molecule has 0 rings (SSSR count). The van der Waals surface area contributed by atoms with E-state index in [2.05, 4.69) is 6.58 Å². The topological polar surface area (TPSA) is 23.9 Å². The lowest BCUT2D eigenvalue weighted by Crippen LogP contribution is -1.53. The third-order valence-electron chi connectivity index (χ3n) is 0.411. The van der Waals surface area contributed by atoms with E-state index in [9.17, 15) is 0 Å². The number of hydrogen-bond donors (Lipinski definition) is 1. The molecule has 0 aliphatic heterocycles. The molecule has 0 unspecified atom stereocenters. The highest BCUT2D eigenvalue weighted by Crippen LogP contribution is 1.98. The van der Waals surface area contributed by atoms with Crippen molar-refractivity contribution in [1.29, 1.82) is 3.56 Å². The standard InChI is InChI=1S/C5H8IN/c1-5(2)3-4-6-7/h3-4,7H,1H2,2H3/b4-3-. The molecule has 0 saturated carbocycles. The molecule has 2 heteroatoms. The Bertz CT molecular complexity index is 105. The van der Waals surface area contributed by atoms with Crippen LogP contribution in [0, 0.1) is 3.56 Å². The van der Waals surface area contributed by atoms with Crippen molar-refractivity contribution in [3.05, 3.63) is 22.3 Å². The molecule has 7 heavy (non-hydrogen) atoms. The third-order valence-corrected chi connectivity index (χ3v) is 1.13. The number of rotatable bonds is 2. The molecule has 0 bridgehead atoms. The Morgan fingerprint density at radius 2 is 2.43 bits per heavy atom. The molecule has 0 amide bonds. The van der Waals surface area contributed by atoms with Crippen molar-refractivity contribution >= 4 is 21.0 Å². The maximum atomic E-state index is 6.78. The van der Waals surface area contributed by atoms with Gasteiger partial charge >= 0.3 is 0 Å². The van der Waals surface area contributed by atoms with Gasteiger partial charge in [0.2, 0.25) is 0 Å². The van der Waals surface area contributed by atoms with Crippen LogP contribution in [-0.4, -0.2) is 0 Å². The van der Waals surface area contributed by atoms with E-state index in [1.54, 1.807) is 0 Å². The van der Waals surface area contributed by atoms with Gasteiger partial charge in [-0.3, -0.25) is 3.56 Å². The fourth-order valence-corrected chi connectivity index (χ4v) is 0.933. The molecule has 0 aromatic carbocycles. The van der Waals surface area contributed by atoms with Gasteiger partial charge in [0.15, 0.2) is 0 Å². The quantitative estimate of drug-likeness (QED) is 0.534. The molecule has 0 saturated heterocycles. The fourth-order valence-electron chi connectivity index (χ4n) is 0.139. The Kier molecular flexibility index (Phi) is 4.18. The predicted molar refractivity (Wildman–Crippen MR) is 40.7 cm³/mol. The largest absolute Gasteiger partial charge is 0.274 e. The van der Waals surface area contributed by atoms with E-state index >= 15 is 0 Å². The molecule has 0 aromatic rings. The van der Waals surface area contributed by atoms with Gasteiger partial charge in [0.1, 0.15) is 0 Å². The van der Waals surface area contributed by atoms with Crippen molar-refractivity contribution < 1.29 is 0 Å². The summed E-state index contributed by atoms with van der Waals surface area (Å²) in [6.07, 6.45) is 1.89. The van der Waals surface area contributed by atoms with Gasteiger partial charge in [0, 0.05) is 21.0 Å². The van der Waals surface area contributed by atoms with Crippen LogP contribution in [0.1, 0.15) is 6.92 Å².